The Kier molecular flexibility index (Phi) is 5.69. The number of aliphatic hydroxyl groups is 1. The zero-order valence-electron chi connectivity index (χ0n) is 8.03. The molecule has 0 heterocycles. The molecule has 1 atom stereocenters. The highest BCUT2D eigenvalue weighted by atomic mass is 35.5. The summed E-state index contributed by atoms with van der Waals surface area (Å²) in [5.74, 6) is -0.220. The second kappa shape index (κ2) is 5.96. The van der Waals surface area contributed by atoms with Crippen LogP contribution in [0.2, 0.25) is 0 Å². The highest BCUT2D eigenvalue weighted by Crippen LogP contribution is 2.10. The zero-order valence-corrected chi connectivity index (χ0v) is 8.85. The molecule has 80 valence electrons. The number of nitrogens with two attached hydrogens (primary N) is 1. The van der Waals surface area contributed by atoms with Crippen LogP contribution in [0.4, 0.5) is 4.39 Å². The summed E-state index contributed by atoms with van der Waals surface area (Å²) in [5.41, 5.74) is 6.97. The van der Waals surface area contributed by atoms with Crippen molar-refractivity contribution in [2.45, 2.75) is 19.4 Å². The van der Waals surface area contributed by atoms with Gasteiger partial charge in [-0.25, -0.2) is 4.39 Å². The van der Waals surface area contributed by atoms with E-state index in [9.17, 15) is 4.39 Å². The van der Waals surface area contributed by atoms with Crippen LogP contribution in [0.5, 0.6) is 0 Å². The summed E-state index contributed by atoms with van der Waals surface area (Å²) in [6, 6.07) is 4.70. The maximum atomic E-state index is 13.0. The lowest BCUT2D eigenvalue weighted by Gasteiger charge is -2.08. The summed E-state index contributed by atoms with van der Waals surface area (Å²) in [4.78, 5) is 0. The van der Waals surface area contributed by atoms with Crippen LogP contribution in [-0.2, 0) is 6.42 Å². The Morgan fingerprint density at radius 3 is 2.64 bits per heavy atom. The number of benzene rings is 1. The number of halogens is 2. The van der Waals surface area contributed by atoms with Crippen LogP contribution in [-0.4, -0.2) is 17.8 Å². The molecule has 3 N–H and O–H groups in total. The first kappa shape index (κ1) is 13.4. The van der Waals surface area contributed by atoms with Crippen molar-refractivity contribution in [2.24, 2.45) is 5.73 Å². The van der Waals surface area contributed by atoms with Gasteiger partial charge in [-0.3, -0.25) is 0 Å². The molecule has 0 aliphatic heterocycles. The van der Waals surface area contributed by atoms with Crippen molar-refractivity contribution in [1.29, 1.82) is 0 Å². The molecule has 2 nitrogen and oxygen atoms in total. The molecule has 0 aliphatic carbocycles. The number of aryl methyl sites for hydroxylation is 1. The summed E-state index contributed by atoms with van der Waals surface area (Å²) in [6.45, 7) is 1.64. The lowest BCUT2D eigenvalue weighted by Crippen LogP contribution is -2.26. The van der Waals surface area contributed by atoms with Gasteiger partial charge in [0.05, 0.1) is 6.61 Å². The number of aliphatic hydroxyl groups excluding tert-OH is 1. The topological polar surface area (TPSA) is 46.2 Å². The molecule has 0 amide bonds. The molecule has 0 saturated carbocycles. The van der Waals surface area contributed by atoms with E-state index in [1.54, 1.807) is 13.0 Å². The Balaban J connectivity index is 0.00000169. The third kappa shape index (κ3) is 3.62. The van der Waals surface area contributed by atoms with Gasteiger partial charge >= 0.3 is 0 Å². The Labute approximate surface area is 89.3 Å². The fourth-order valence-electron chi connectivity index (χ4n) is 1.13. The zero-order chi connectivity index (χ0) is 9.84. The van der Waals surface area contributed by atoms with E-state index >= 15 is 0 Å². The second-order valence-corrected chi connectivity index (χ2v) is 3.23. The van der Waals surface area contributed by atoms with Crippen LogP contribution in [0.25, 0.3) is 0 Å². The van der Waals surface area contributed by atoms with Crippen LogP contribution in [0.3, 0.4) is 0 Å². The molecule has 1 unspecified atom stereocenters. The fourth-order valence-corrected chi connectivity index (χ4v) is 1.13. The van der Waals surface area contributed by atoms with E-state index in [-0.39, 0.29) is 30.9 Å². The third-order valence-electron chi connectivity index (χ3n) is 1.97. The van der Waals surface area contributed by atoms with E-state index < -0.39 is 0 Å². The quantitative estimate of drug-likeness (QED) is 0.808. The van der Waals surface area contributed by atoms with Crippen molar-refractivity contribution in [3.8, 4) is 0 Å². The van der Waals surface area contributed by atoms with Crippen molar-refractivity contribution in [2.75, 3.05) is 6.61 Å². The minimum Gasteiger partial charge on any atom is -0.395 e. The summed E-state index contributed by atoms with van der Waals surface area (Å²) >= 11 is 0. The van der Waals surface area contributed by atoms with E-state index in [0.717, 1.165) is 5.56 Å². The minimum absolute atomic E-state index is 0. The maximum Gasteiger partial charge on any atom is 0.126 e. The van der Waals surface area contributed by atoms with E-state index in [4.69, 9.17) is 10.8 Å². The molecule has 0 bridgehead atoms. The van der Waals surface area contributed by atoms with Gasteiger partial charge in [-0.15, -0.1) is 12.4 Å². The molecule has 14 heavy (non-hydrogen) atoms. The fraction of sp³-hybridized carbons (Fsp3) is 0.400. The molecule has 0 spiro atoms. The molecule has 0 aromatic heterocycles. The van der Waals surface area contributed by atoms with Gasteiger partial charge in [0.25, 0.3) is 0 Å². The van der Waals surface area contributed by atoms with Crippen LogP contribution in [0.1, 0.15) is 11.1 Å². The molecular weight excluding hydrogens is 205 g/mol. The standard InChI is InChI=1S/C10H14FNO.ClH/c1-7-2-3-8(5-10(7)11)4-9(12)6-13;/h2-3,5,9,13H,4,6,12H2,1H3;1H. The normalized spacial score (nSPS) is 12.0. The number of hydrogen-bond acceptors (Lipinski definition) is 2. The van der Waals surface area contributed by atoms with Gasteiger partial charge in [0.1, 0.15) is 5.82 Å². The first-order chi connectivity index (χ1) is 6.13. The van der Waals surface area contributed by atoms with Crippen LogP contribution in [0.15, 0.2) is 18.2 Å². The Morgan fingerprint density at radius 2 is 2.14 bits per heavy atom. The average Bonchev–Trinajstić information content (AvgIpc) is 2.11. The van der Waals surface area contributed by atoms with Crippen LogP contribution >= 0.6 is 12.4 Å². The van der Waals surface area contributed by atoms with Crippen molar-refractivity contribution in [3.63, 3.8) is 0 Å². The predicted molar refractivity (Wildman–Crippen MR) is 57.2 cm³/mol. The minimum atomic E-state index is -0.304. The number of hydrogen-bond donors (Lipinski definition) is 2. The van der Waals surface area contributed by atoms with Crippen molar-refractivity contribution in [3.05, 3.63) is 35.1 Å². The SMILES string of the molecule is Cc1ccc(CC(N)CO)cc1F.Cl. The van der Waals surface area contributed by atoms with Gasteiger partial charge in [0.2, 0.25) is 0 Å². The van der Waals surface area contributed by atoms with Gasteiger partial charge in [-0.1, -0.05) is 12.1 Å². The molecule has 4 heteroatoms. The highest BCUT2D eigenvalue weighted by Gasteiger charge is 2.04. The van der Waals surface area contributed by atoms with Crippen LogP contribution in [0, 0.1) is 12.7 Å². The molecule has 1 rings (SSSR count). The molecule has 1 aromatic rings. The molecule has 0 fully saturated rings. The molecule has 0 aliphatic rings. The Hall–Kier alpha value is -0.640. The summed E-state index contributed by atoms with van der Waals surface area (Å²) in [7, 11) is 0. The smallest absolute Gasteiger partial charge is 0.126 e. The van der Waals surface area contributed by atoms with E-state index in [0.29, 0.717) is 12.0 Å². The summed E-state index contributed by atoms with van der Waals surface area (Å²) in [5, 5.41) is 8.70. The van der Waals surface area contributed by atoms with Gasteiger partial charge in [0.15, 0.2) is 0 Å². The van der Waals surface area contributed by atoms with E-state index in [1.165, 1.54) is 6.07 Å². The largest absolute Gasteiger partial charge is 0.395 e. The van der Waals surface area contributed by atoms with Crippen LogP contribution < -0.4 is 5.73 Å². The third-order valence-corrected chi connectivity index (χ3v) is 1.97. The molecule has 0 radical (unpaired) electrons. The number of rotatable bonds is 3. The lowest BCUT2D eigenvalue weighted by atomic mass is 10.1. The molecule has 1 aromatic carbocycles. The summed E-state index contributed by atoms with van der Waals surface area (Å²) in [6.07, 6.45) is 0.508. The van der Waals surface area contributed by atoms with E-state index in [2.05, 4.69) is 0 Å². The summed E-state index contributed by atoms with van der Waals surface area (Å²) < 4.78 is 13.0. The van der Waals surface area contributed by atoms with Gasteiger partial charge < -0.3 is 10.8 Å². The maximum absolute atomic E-state index is 13.0. The monoisotopic (exact) mass is 219 g/mol. The molecule has 0 saturated heterocycles. The second-order valence-electron chi connectivity index (χ2n) is 3.23. The highest BCUT2D eigenvalue weighted by molar-refractivity contribution is 5.85. The first-order valence-electron chi connectivity index (χ1n) is 4.25. The lowest BCUT2D eigenvalue weighted by molar-refractivity contribution is 0.265. The predicted octanol–water partition coefficient (Wildman–Crippen LogP) is 1.42. The van der Waals surface area contributed by atoms with Crippen molar-refractivity contribution in [1.82, 2.24) is 0 Å². The van der Waals surface area contributed by atoms with Gasteiger partial charge in [0, 0.05) is 6.04 Å². The average molecular weight is 220 g/mol. The van der Waals surface area contributed by atoms with Gasteiger partial charge in [-0.05, 0) is 30.5 Å². The Morgan fingerprint density at radius 1 is 1.50 bits per heavy atom. The first-order valence-corrected chi connectivity index (χ1v) is 4.25. The molecular formula is C10H15ClFNO. The Bertz CT molecular complexity index is 293. The van der Waals surface area contributed by atoms with Crippen molar-refractivity contribution < 1.29 is 9.50 Å². The van der Waals surface area contributed by atoms with E-state index in [1.807, 2.05) is 6.07 Å². The van der Waals surface area contributed by atoms with Crippen molar-refractivity contribution >= 4 is 12.4 Å². The van der Waals surface area contributed by atoms with Gasteiger partial charge in [-0.2, -0.15) is 0 Å².